The van der Waals surface area contributed by atoms with Crippen molar-refractivity contribution >= 4 is 23.3 Å². The second kappa shape index (κ2) is 6.66. The van der Waals surface area contributed by atoms with Gasteiger partial charge in [-0.05, 0) is 36.8 Å². The average Bonchev–Trinajstić information content (AvgIpc) is 3.08. The first-order chi connectivity index (χ1) is 13.7. The molecule has 0 unspecified atom stereocenters. The number of H-pyrrole nitrogens is 1. The van der Waals surface area contributed by atoms with E-state index in [0.29, 0.717) is 11.3 Å². The van der Waals surface area contributed by atoms with Crippen LogP contribution in [0.2, 0.25) is 0 Å². The smallest absolute Gasteiger partial charge is 0.298 e. The molecule has 0 aliphatic carbocycles. The molecule has 0 spiro atoms. The number of hydrogen-bond acceptors (Lipinski definition) is 4. The quantitative estimate of drug-likeness (QED) is 0.497. The molecule has 10 heteroatoms. The molecule has 148 valence electrons. The van der Waals surface area contributed by atoms with E-state index in [-0.39, 0.29) is 16.1 Å². The zero-order valence-electron chi connectivity index (χ0n) is 15.3. The number of aromatic amines is 1. The summed E-state index contributed by atoms with van der Waals surface area (Å²) in [5.74, 6) is 0. The normalized spacial score (nSPS) is 11.9. The van der Waals surface area contributed by atoms with Crippen LogP contribution in [-0.4, -0.2) is 24.3 Å². The van der Waals surface area contributed by atoms with Crippen LogP contribution in [0, 0.1) is 11.7 Å². The van der Waals surface area contributed by atoms with Crippen molar-refractivity contribution < 1.29 is 13.2 Å². The zero-order valence-corrected chi connectivity index (χ0v) is 16.1. The molecule has 1 aromatic carbocycles. The van der Waals surface area contributed by atoms with Crippen LogP contribution in [0.5, 0.6) is 0 Å². The van der Waals surface area contributed by atoms with Gasteiger partial charge in [-0.25, -0.2) is 4.98 Å². The highest BCUT2D eigenvalue weighted by molar-refractivity contribution is 7.71. The van der Waals surface area contributed by atoms with Gasteiger partial charge in [-0.2, -0.15) is 18.3 Å². The lowest BCUT2D eigenvalue weighted by atomic mass is 10.1. The Bertz CT molecular complexity index is 1370. The highest BCUT2D eigenvalue weighted by Gasteiger charge is 2.35. The number of benzene rings is 1. The van der Waals surface area contributed by atoms with E-state index < -0.39 is 22.7 Å². The molecule has 0 aliphatic rings. The Balaban J connectivity index is 2.22. The fourth-order valence-electron chi connectivity index (χ4n) is 3.19. The maximum atomic E-state index is 13.9. The van der Waals surface area contributed by atoms with Crippen LogP contribution in [-0.2, 0) is 13.2 Å². The van der Waals surface area contributed by atoms with Crippen LogP contribution in [0.3, 0.4) is 0 Å². The van der Waals surface area contributed by atoms with Crippen LogP contribution in [0.15, 0.2) is 47.5 Å². The highest BCUT2D eigenvalue weighted by Crippen LogP contribution is 2.36. The molecule has 0 saturated heterocycles. The van der Waals surface area contributed by atoms with Crippen molar-refractivity contribution in [1.29, 1.82) is 0 Å². The van der Waals surface area contributed by atoms with Gasteiger partial charge in [0.05, 0.1) is 28.5 Å². The van der Waals surface area contributed by atoms with Gasteiger partial charge in [0.2, 0.25) is 0 Å². The lowest BCUT2D eigenvalue weighted by Gasteiger charge is -2.16. The fourth-order valence-corrected chi connectivity index (χ4v) is 3.47. The third-order valence-electron chi connectivity index (χ3n) is 4.53. The summed E-state index contributed by atoms with van der Waals surface area (Å²) in [5.41, 5.74) is -0.460. The van der Waals surface area contributed by atoms with E-state index in [1.165, 1.54) is 15.4 Å². The molecule has 1 N–H and O–H groups in total. The van der Waals surface area contributed by atoms with Crippen LogP contribution in [0.4, 0.5) is 13.2 Å². The number of halogens is 3. The van der Waals surface area contributed by atoms with Gasteiger partial charge in [-0.15, -0.1) is 0 Å². The number of rotatable bonds is 2. The number of fused-ring (bicyclic) bond motifs is 1. The number of hydrogen-bond donors (Lipinski definition) is 1. The summed E-state index contributed by atoms with van der Waals surface area (Å²) in [4.78, 5) is 19.2. The summed E-state index contributed by atoms with van der Waals surface area (Å²) >= 11 is 5.28. The molecule has 29 heavy (non-hydrogen) atoms. The van der Waals surface area contributed by atoms with Crippen LogP contribution in [0.25, 0.3) is 28.0 Å². The summed E-state index contributed by atoms with van der Waals surface area (Å²) < 4.78 is 44.4. The molecule has 4 rings (SSSR count). The molecule has 6 nitrogen and oxygen atoms in total. The molecule has 0 atom stereocenters. The van der Waals surface area contributed by atoms with E-state index in [4.69, 9.17) is 12.2 Å². The minimum absolute atomic E-state index is 0.0410. The summed E-state index contributed by atoms with van der Waals surface area (Å²) in [6.45, 7) is 1.80. The zero-order chi connectivity index (χ0) is 20.9. The number of nitrogens with one attached hydrogen (secondary N) is 1. The standard InChI is InChI=1S/C19H14F3N5OS/c1-10-5-3-4-6-14(10)27-16-15(17(28)25-18(27)29)12(19(20,21)22)7-13(24-16)11-8-23-26(2)9-11/h3-9H,1-2H3,(H,25,28,29). The van der Waals surface area contributed by atoms with Gasteiger partial charge in [-0.3, -0.25) is 19.0 Å². The SMILES string of the molecule is Cc1ccccc1-n1c(=S)[nH]c(=O)c2c(C(F)(F)F)cc(-c3cnn(C)c3)nc21. The first-order valence-corrected chi connectivity index (χ1v) is 8.90. The average molecular weight is 417 g/mol. The van der Waals surface area contributed by atoms with Gasteiger partial charge in [-0.1, -0.05) is 18.2 Å². The third-order valence-corrected chi connectivity index (χ3v) is 4.81. The molecular weight excluding hydrogens is 403 g/mol. The Morgan fingerprint density at radius 3 is 2.55 bits per heavy atom. The number of pyridine rings is 1. The van der Waals surface area contributed by atoms with Gasteiger partial charge >= 0.3 is 6.18 Å². The van der Waals surface area contributed by atoms with E-state index in [2.05, 4.69) is 15.1 Å². The van der Waals surface area contributed by atoms with Crippen molar-refractivity contribution in [2.24, 2.45) is 7.05 Å². The van der Waals surface area contributed by atoms with E-state index in [1.807, 2.05) is 0 Å². The van der Waals surface area contributed by atoms with Crippen molar-refractivity contribution in [1.82, 2.24) is 24.3 Å². The number of para-hydroxylation sites is 1. The van der Waals surface area contributed by atoms with Crippen molar-refractivity contribution in [2.75, 3.05) is 0 Å². The van der Waals surface area contributed by atoms with Crippen molar-refractivity contribution in [2.45, 2.75) is 13.1 Å². The molecule has 0 amide bonds. The number of aromatic nitrogens is 5. The maximum Gasteiger partial charge on any atom is 0.417 e. The Morgan fingerprint density at radius 1 is 1.21 bits per heavy atom. The number of aryl methyl sites for hydroxylation is 2. The number of alkyl halides is 3. The molecule has 0 bridgehead atoms. The molecule has 0 saturated carbocycles. The molecule has 4 aromatic rings. The predicted molar refractivity (Wildman–Crippen MR) is 104 cm³/mol. The van der Waals surface area contributed by atoms with Gasteiger partial charge in [0, 0.05) is 18.8 Å². The van der Waals surface area contributed by atoms with E-state index in [9.17, 15) is 18.0 Å². The predicted octanol–water partition coefficient (Wildman–Crippen LogP) is 4.17. The first-order valence-electron chi connectivity index (χ1n) is 8.49. The van der Waals surface area contributed by atoms with Crippen molar-refractivity contribution in [3.8, 4) is 16.9 Å². The van der Waals surface area contributed by atoms with Crippen LogP contribution < -0.4 is 5.56 Å². The Hall–Kier alpha value is -3.27. The Morgan fingerprint density at radius 2 is 1.93 bits per heavy atom. The van der Waals surface area contributed by atoms with Crippen molar-refractivity contribution in [3.63, 3.8) is 0 Å². The summed E-state index contributed by atoms with van der Waals surface area (Å²) in [6.07, 6.45) is -1.81. The molecule has 0 aliphatic heterocycles. The van der Waals surface area contributed by atoms with Crippen molar-refractivity contribution in [3.05, 3.63) is 69.0 Å². The third kappa shape index (κ3) is 3.25. The Labute approximate surface area is 167 Å². The molecule has 3 heterocycles. The summed E-state index contributed by atoms with van der Waals surface area (Å²) in [5, 5.41) is 3.43. The highest BCUT2D eigenvalue weighted by atomic mass is 32.1. The molecule has 0 fully saturated rings. The molecular formula is C19H14F3N5OS. The topological polar surface area (TPSA) is 68.5 Å². The fraction of sp³-hybridized carbons (Fsp3) is 0.158. The van der Waals surface area contributed by atoms with E-state index in [1.54, 1.807) is 44.4 Å². The monoisotopic (exact) mass is 417 g/mol. The lowest BCUT2D eigenvalue weighted by Crippen LogP contribution is -2.20. The summed E-state index contributed by atoms with van der Waals surface area (Å²) in [7, 11) is 1.65. The Kier molecular flexibility index (Phi) is 4.38. The minimum atomic E-state index is -4.77. The number of nitrogens with zero attached hydrogens (tertiary/aromatic N) is 4. The van der Waals surface area contributed by atoms with Crippen LogP contribution in [0.1, 0.15) is 11.1 Å². The minimum Gasteiger partial charge on any atom is -0.298 e. The van der Waals surface area contributed by atoms with Gasteiger partial charge in [0.1, 0.15) is 0 Å². The summed E-state index contributed by atoms with van der Waals surface area (Å²) in [6, 6.07) is 7.89. The van der Waals surface area contributed by atoms with E-state index >= 15 is 0 Å². The van der Waals surface area contributed by atoms with Gasteiger partial charge in [0.15, 0.2) is 10.4 Å². The molecule has 0 radical (unpaired) electrons. The largest absolute Gasteiger partial charge is 0.417 e. The van der Waals surface area contributed by atoms with Gasteiger partial charge in [0.25, 0.3) is 5.56 Å². The lowest BCUT2D eigenvalue weighted by molar-refractivity contribution is -0.136. The second-order valence-corrected chi connectivity index (χ2v) is 6.92. The van der Waals surface area contributed by atoms with Crippen LogP contribution >= 0.6 is 12.2 Å². The van der Waals surface area contributed by atoms with E-state index in [0.717, 1.165) is 11.6 Å². The van der Waals surface area contributed by atoms with Gasteiger partial charge < -0.3 is 0 Å². The molecule has 3 aromatic heterocycles. The maximum absolute atomic E-state index is 13.9. The second-order valence-electron chi connectivity index (χ2n) is 6.54. The first kappa shape index (κ1) is 19.1.